The fraction of sp³-hybridized carbons (Fsp3) is 0.0476. The third-order valence-corrected chi connectivity index (χ3v) is 3.87. The predicted molar refractivity (Wildman–Crippen MR) is 107 cm³/mol. The van der Waals surface area contributed by atoms with Gasteiger partial charge in [0.1, 0.15) is 11.6 Å². The maximum absolute atomic E-state index is 9.10. The number of aliphatic carboxylic acids is 2. The van der Waals surface area contributed by atoms with Crippen molar-refractivity contribution in [1.29, 1.82) is 0 Å². The van der Waals surface area contributed by atoms with E-state index in [0.717, 1.165) is 28.2 Å². The summed E-state index contributed by atoms with van der Waals surface area (Å²) in [5, 5.41) is 14.8. The second-order valence-electron chi connectivity index (χ2n) is 5.99. The van der Waals surface area contributed by atoms with Crippen LogP contribution < -0.4 is 0 Å². The Hall–Kier alpha value is -4.20. The molecule has 2 N–H and O–H groups in total. The highest BCUT2D eigenvalue weighted by molar-refractivity contribution is 6.27. The van der Waals surface area contributed by atoms with E-state index in [0.29, 0.717) is 0 Å². The number of aryl methyl sites for hydroxylation is 1. The van der Waals surface area contributed by atoms with Crippen molar-refractivity contribution < 1.29 is 24.2 Å². The number of imidazole rings is 1. The van der Waals surface area contributed by atoms with Gasteiger partial charge in [-0.2, -0.15) is 0 Å². The molecule has 0 aliphatic rings. The van der Waals surface area contributed by atoms with Crippen molar-refractivity contribution in [3.05, 3.63) is 78.1 Å². The highest BCUT2D eigenvalue weighted by atomic mass is 16.4. The summed E-state index contributed by atoms with van der Waals surface area (Å²) in [7, 11) is 0. The Morgan fingerprint density at radius 3 is 2.48 bits per heavy atom. The molecule has 0 saturated heterocycles. The topological polar surface area (TPSA) is 118 Å². The van der Waals surface area contributed by atoms with Crippen molar-refractivity contribution in [2.75, 3.05) is 0 Å². The molecule has 0 fully saturated rings. The lowest BCUT2D eigenvalue weighted by Gasteiger charge is -2.05. The van der Waals surface area contributed by atoms with E-state index in [1.54, 1.807) is 18.7 Å². The van der Waals surface area contributed by atoms with Crippen LogP contribution in [0, 0.1) is 6.92 Å². The molecule has 0 saturated carbocycles. The zero-order chi connectivity index (χ0) is 20.8. The van der Waals surface area contributed by atoms with Crippen LogP contribution in [0.2, 0.25) is 0 Å². The maximum Gasteiger partial charge on any atom is 0.414 e. The molecule has 0 radical (unpaired) electrons. The number of rotatable bonds is 3. The monoisotopic (exact) mass is 391 g/mol. The van der Waals surface area contributed by atoms with Gasteiger partial charge in [0, 0.05) is 11.8 Å². The summed E-state index contributed by atoms with van der Waals surface area (Å²) in [6, 6.07) is 14.0. The van der Waals surface area contributed by atoms with E-state index >= 15 is 0 Å². The molecule has 0 aliphatic heterocycles. The van der Waals surface area contributed by atoms with Crippen molar-refractivity contribution in [1.82, 2.24) is 14.5 Å². The van der Waals surface area contributed by atoms with Crippen LogP contribution in [0.25, 0.3) is 29.0 Å². The number of carboxylic acids is 2. The molecule has 0 atom stereocenters. The number of furan rings is 1. The van der Waals surface area contributed by atoms with Crippen LogP contribution >= 0.6 is 0 Å². The fourth-order valence-electron chi connectivity index (χ4n) is 2.59. The van der Waals surface area contributed by atoms with Gasteiger partial charge in [-0.1, -0.05) is 12.1 Å². The molecule has 8 nitrogen and oxygen atoms in total. The Bertz CT molecular complexity index is 1150. The molecule has 0 aliphatic carbocycles. The van der Waals surface area contributed by atoms with E-state index in [4.69, 9.17) is 29.2 Å². The second-order valence-corrected chi connectivity index (χ2v) is 5.99. The third-order valence-electron chi connectivity index (χ3n) is 3.87. The minimum absolute atomic E-state index is 0.838. The molecule has 0 unspecified atom stereocenters. The molecule has 3 heterocycles. The first-order chi connectivity index (χ1) is 14.0. The largest absolute Gasteiger partial charge is 0.473 e. The molecule has 8 heteroatoms. The minimum atomic E-state index is -1.82. The van der Waals surface area contributed by atoms with Crippen molar-refractivity contribution in [2.45, 2.75) is 6.92 Å². The number of hydrogen-bond donors (Lipinski definition) is 2. The zero-order valence-electron chi connectivity index (χ0n) is 15.4. The van der Waals surface area contributed by atoms with Crippen molar-refractivity contribution >= 4 is 35.1 Å². The van der Waals surface area contributed by atoms with Crippen molar-refractivity contribution in [2.24, 2.45) is 0 Å². The summed E-state index contributed by atoms with van der Waals surface area (Å²) in [5.74, 6) is -1.96. The van der Waals surface area contributed by atoms with Gasteiger partial charge in [-0.05, 0) is 55.0 Å². The molecule has 4 rings (SSSR count). The zero-order valence-corrected chi connectivity index (χ0v) is 15.4. The fourth-order valence-corrected chi connectivity index (χ4v) is 2.59. The van der Waals surface area contributed by atoms with Crippen LogP contribution in [0.5, 0.6) is 0 Å². The first-order valence-corrected chi connectivity index (χ1v) is 8.52. The Kier molecular flexibility index (Phi) is 5.84. The Morgan fingerprint density at radius 2 is 1.86 bits per heavy atom. The summed E-state index contributed by atoms with van der Waals surface area (Å²) in [4.78, 5) is 27.4. The normalized spacial score (nSPS) is 10.7. The number of aromatic nitrogens is 3. The molecule has 3 aromatic heterocycles. The summed E-state index contributed by atoms with van der Waals surface area (Å²) >= 11 is 0. The predicted octanol–water partition coefficient (Wildman–Crippen LogP) is 3.65. The van der Waals surface area contributed by atoms with Crippen LogP contribution in [0.3, 0.4) is 0 Å². The van der Waals surface area contributed by atoms with Gasteiger partial charge in [-0.3, -0.25) is 4.57 Å². The first kappa shape index (κ1) is 19.6. The van der Waals surface area contributed by atoms with Crippen LogP contribution in [0.15, 0.2) is 65.6 Å². The Morgan fingerprint density at radius 1 is 1.07 bits per heavy atom. The lowest BCUT2D eigenvalue weighted by molar-refractivity contribution is -0.159. The minimum Gasteiger partial charge on any atom is -0.473 e. The van der Waals surface area contributed by atoms with Gasteiger partial charge in [0.05, 0.1) is 23.6 Å². The molecule has 146 valence electrons. The van der Waals surface area contributed by atoms with E-state index in [-0.39, 0.29) is 0 Å². The average Bonchev–Trinajstić information content (AvgIpc) is 3.34. The number of benzene rings is 1. The number of carbonyl (C=O) groups is 2. The lowest BCUT2D eigenvalue weighted by Crippen LogP contribution is -2.09. The molecular weight excluding hydrogens is 374 g/mol. The van der Waals surface area contributed by atoms with Gasteiger partial charge in [-0.25, -0.2) is 19.6 Å². The highest BCUT2D eigenvalue weighted by Gasteiger charge is 2.11. The molecule has 1 aromatic carbocycles. The lowest BCUT2D eigenvalue weighted by atomic mass is 10.2. The van der Waals surface area contributed by atoms with Gasteiger partial charge < -0.3 is 14.6 Å². The number of pyridine rings is 1. The van der Waals surface area contributed by atoms with Crippen LogP contribution in [0.4, 0.5) is 0 Å². The molecule has 4 aromatic rings. The van der Waals surface area contributed by atoms with Gasteiger partial charge in [0.25, 0.3) is 0 Å². The van der Waals surface area contributed by atoms with E-state index in [1.807, 2.05) is 36.4 Å². The van der Waals surface area contributed by atoms with Crippen molar-refractivity contribution in [3.8, 4) is 5.82 Å². The first-order valence-electron chi connectivity index (χ1n) is 8.52. The van der Waals surface area contributed by atoms with Crippen LogP contribution in [-0.2, 0) is 9.59 Å². The van der Waals surface area contributed by atoms with E-state index in [9.17, 15) is 0 Å². The third kappa shape index (κ3) is 4.75. The SMILES string of the molecule is Cc1ccc2c(c1)nc(/C=C/c1ccoc1)n2-c1ccccn1.O=C(O)C(=O)O. The molecule has 0 bridgehead atoms. The van der Waals surface area contributed by atoms with Gasteiger partial charge in [-0.15, -0.1) is 0 Å². The number of fused-ring (bicyclic) bond motifs is 1. The summed E-state index contributed by atoms with van der Waals surface area (Å²) in [5.41, 5.74) is 4.19. The van der Waals surface area contributed by atoms with Crippen LogP contribution in [0.1, 0.15) is 17.0 Å². The van der Waals surface area contributed by atoms with Crippen LogP contribution in [-0.4, -0.2) is 36.7 Å². The number of nitrogens with zero attached hydrogens (tertiary/aromatic N) is 3. The number of carboxylic acid groups (broad SMARTS) is 2. The van der Waals surface area contributed by atoms with E-state index in [2.05, 4.69) is 34.7 Å². The molecule has 0 amide bonds. The highest BCUT2D eigenvalue weighted by Crippen LogP contribution is 2.23. The molecule has 0 spiro atoms. The second kappa shape index (κ2) is 8.66. The Labute approximate surface area is 165 Å². The van der Waals surface area contributed by atoms with Gasteiger partial charge in [0.2, 0.25) is 0 Å². The molecular formula is C21H17N3O5. The standard InChI is InChI=1S/C19H15N3O.C2H2O4/c1-14-5-7-17-16(12-14)21-19(8-6-15-9-11-23-13-15)22(17)18-4-2-3-10-20-18;3-1(4)2(5)6/h2-13H,1H3;(H,3,4)(H,5,6)/b8-6+;. The average molecular weight is 391 g/mol. The quantitative estimate of drug-likeness (QED) is 0.512. The van der Waals surface area contributed by atoms with Gasteiger partial charge in [0.15, 0.2) is 0 Å². The summed E-state index contributed by atoms with van der Waals surface area (Å²) in [6.45, 7) is 2.07. The summed E-state index contributed by atoms with van der Waals surface area (Å²) in [6.07, 6.45) is 9.12. The Balaban J connectivity index is 0.000000353. The van der Waals surface area contributed by atoms with E-state index in [1.165, 1.54) is 5.56 Å². The summed E-state index contributed by atoms with van der Waals surface area (Å²) < 4.78 is 7.16. The van der Waals surface area contributed by atoms with Crippen molar-refractivity contribution in [3.63, 3.8) is 0 Å². The number of hydrogen-bond acceptors (Lipinski definition) is 5. The smallest absolute Gasteiger partial charge is 0.414 e. The molecule has 29 heavy (non-hydrogen) atoms. The van der Waals surface area contributed by atoms with Gasteiger partial charge >= 0.3 is 11.9 Å². The maximum atomic E-state index is 9.10. The van der Waals surface area contributed by atoms with E-state index < -0.39 is 11.9 Å².